The third kappa shape index (κ3) is 3.03. The first-order valence-corrected chi connectivity index (χ1v) is 6.17. The van der Waals surface area contributed by atoms with Gasteiger partial charge in [-0.3, -0.25) is 4.72 Å². The summed E-state index contributed by atoms with van der Waals surface area (Å²) < 4.78 is 25.1. The van der Waals surface area contributed by atoms with Gasteiger partial charge < -0.3 is 0 Å². The molecule has 3 nitrogen and oxygen atoms in total. The van der Waals surface area contributed by atoms with E-state index in [4.69, 9.17) is 0 Å². The second-order valence-corrected chi connectivity index (χ2v) is 5.39. The molecule has 0 spiro atoms. The molecule has 0 unspecified atom stereocenters. The first kappa shape index (κ1) is 11.0. The summed E-state index contributed by atoms with van der Waals surface area (Å²) in [5, 5.41) is 0. The van der Waals surface area contributed by atoms with Gasteiger partial charge in [0.1, 0.15) is 0 Å². The fourth-order valence-electron chi connectivity index (χ4n) is 1.29. The summed E-state index contributed by atoms with van der Waals surface area (Å²) in [5.74, 6) is 0.0972. The molecule has 0 fully saturated rings. The van der Waals surface area contributed by atoms with Crippen molar-refractivity contribution in [2.24, 2.45) is 0 Å². The van der Waals surface area contributed by atoms with Crippen molar-refractivity contribution < 1.29 is 8.42 Å². The molecule has 0 saturated heterocycles. The molecule has 1 rings (SSSR count). The van der Waals surface area contributed by atoms with Gasteiger partial charge in [-0.15, -0.1) is 0 Å². The quantitative estimate of drug-likeness (QED) is 0.835. The molecule has 1 aromatic carbocycles. The highest BCUT2D eigenvalue weighted by Crippen LogP contribution is 2.14. The number of rotatable bonds is 3. The lowest BCUT2D eigenvalue weighted by Gasteiger charge is -2.07. The molecule has 0 amide bonds. The average molecular weight is 213 g/mol. The molecule has 78 valence electrons. The summed E-state index contributed by atoms with van der Waals surface area (Å²) in [6.45, 7) is 5.50. The zero-order valence-corrected chi connectivity index (χ0v) is 9.48. The van der Waals surface area contributed by atoms with Crippen molar-refractivity contribution in [3.8, 4) is 0 Å². The smallest absolute Gasteiger partial charge is 0.232 e. The highest BCUT2D eigenvalue weighted by Gasteiger charge is 2.06. The fourth-order valence-corrected chi connectivity index (χ4v) is 1.91. The Morgan fingerprint density at radius 3 is 2.07 bits per heavy atom. The average Bonchev–Trinajstić information content (AvgIpc) is 2.01. The Kier molecular flexibility index (Phi) is 3.16. The van der Waals surface area contributed by atoms with Gasteiger partial charge in [0.15, 0.2) is 0 Å². The minimum absolute atomic E-state index is 0.0972. The van der Waals surface area contributed by atoms with Crippen LogP contribution in [0.25, 0.3) is 0 Å². The lowest BCUT2D eigenvalue weighted by molar-refractivity contribution is 0.602. The Morgan fingerprint density at radius 1 is 1.14 bits per heavy atom. The van der Waals surface area contributed by atoms with Crippen LogP contribution in [0, 0.1) is 13.8 Å². The standard InChI is InChI=1S/C10H15NO2S/c1-4-14(12,13)11-10-6-8(2)5-9(3)7-10/h5-7,11H,4H2,1-3H3. The lowest BCUT2D eigenvalue weighted by atomic mass is 10.1. The number of hydrogen-bond donors (Lipinski definition) is 1. The van der Waals surface area contributed by atoms with E-state index in [2.05, 4.69) is 4.72 Å². The first-order valence-electron chi connectivity index (χ1n) is 4.52. The third-order valence-electron chi connectivity index (χ3n) is 1.88. The molecular weight excluding hydrogens is 198 g/mol. The number of nitrogens with one attached hydrogen (secondary N) is 1. The van der Waals surface area contributed by atoms with Crippen molar-refractivity contribution >= 4 is 15.7 Å². The van der Waals surface area contributed by atoms with Gasteiger partial charge in [0, 0.05) is 5.69 Å². The molecular formula is C10H15NO2S. The molecule has 0 aromatic heterocycles. The number of anilines is 1. The Labute approximate surface area is 85.2 Å². The third-order valence-corrected chi connectivity index (χ3v) is 3.18. The molecule has 0 heterocycles. The molecule has 0 aliphatic heterocycles. The van der Waals surface area contributed by atoms with Gasteiger partial charge in [-0.1, -0.05) is 6.07 Å². The molecule has 4 heteroatoms. The van der Waals surface area contributed by atoms with Gasteiger partial charge in [0.25, 0.3) is 0 Å². The minimum Gasteiger partial charge on any atom is -0.284 e. The van der Waals surface area contributed by atoms with E-state index in [0.29, 0.717) is 5.69 Å². The fraction of sp³-hybridized carbons (Fsp3) is 0.400. The van der Waals surface area contributed by atoms with Crippen molar-refractivity contribution in [1.29, 1.82) is 0 Å². The monoisotopic (exact) mass is 213 g/mol. The van der Waals surface area contributed by atoms with E-state index in [1.165, 1.54) is 0 Å². The Bertz CT molecular complexity index is 403. The van der Waals surface area contributed by atoms with Crippen LogP contribution in [0.3, 0.4) is 0 Å². The van der Waals surface area contributed by atoms with Crippen molar-refractivity contribution in [1.82, 2.24) is 0 Å². The maximum atomic E-state index is 11.3. The predicted octanol–water partition coefficient (Wildman–Crippen LogP) is 2.07. The van der Waals surface area contributed by atoms with Crippen LogP contribution in [0.5, 0.6) is 0 Å². The van der Waals surface area contributed by atoms with Crippen LogP contribution < -0.4 is 4.72 Å². The molecule has 0 atom stereocenters. The number of aryl methyl sites for hydroxylation is 2. The number of hydrogen-bond acceptors (Lipinski definition) is 2. The zero-order valence-electron chi connectivity index (χ0n) is 8.66. The van der Waals surface area contributed by atoms with Crippen LogP contribution in [-0.4, -0.2) is 14.2 Å². The van der Waals surface area contributed by atoms with E-state index in [0.717, 1.165) is 11.1 Å². The lowest BCUT2D eigenvalue weighted by Crippen LogP contribution is -2.14. The van der Waals surface area contributed by atoms with Crippen molar-refractivity contribution in [3.05, 3.63) is 29.3 Å². The molecule has 0 bridgehead atoms. The SMILES string of the molecule is CCS(=O)(=O)Nc1cc(C)cc(C)c1. The summed E-state index contributed by atoms with van der Waals surface area (Å²) in [7, 11) is -3.16. The molecule has 1 N–H and O–H groups in total. The number of sulfonamides is 1. The Morgan fingerprint density at radius 2 is 1.64 bits per heavy atom. The zero-order chi connectivity index (χ0) is 10.8. The first-order chi connectivity index (χ1) is 6.43. The largest absolute Gasteiger partial charge is 0.284 e. The molecule has 0 radical (unpaired) electrons. The number of benzene rings is 1. The Hall–Kier alpha value is -1.03. The Balaban J connectivity index is 2.98. The van der Waals surface area contributed by atoms with Crippen LogP contribution in [0.4, 0.5) is 5.69 Å². The van der Waals surface area contributed by atoms with E-state index in [-0.39, 0.29) is 5.75 Å². The molecule has 14 heavy (non-hydrogen) atoms. The molecule has 0 aliphatic rings. The molecule has 1 aromatic rings. The summed E-state index contributed by atoms with van der Waals surface area (Å²) in [5.41, 5.74) is 2.75. The van der Waals surface area contributed by atoms with E-state index < -0.39 is 10.0 Å². The summed E-state index contributed by atoms with van der Waals surface area (Å²) >= 11 is 0. The van der Waals surface area contributed by atoms with Crippen LogP contribution in [0.2, 0.25) is 0 Å². The van der Waals surface area contributed by atoms with Crippen molar-refractivity contribution in [3.63, 3.8) is 0 Å². The summed E-state index contributed by atoms with van der Waals surface area (Å²) in [4.78, 5) is 0. The van der Waals surface area contributed by atoms with Crippen LogP contribution >= 0.6 is 0 Å². The van der Waals surface area contributed by atoms with E-state index in [1.807, 2.05) is 32.0 Å². The van der Waals surface area contributed by atoms with Crippen LogP contribution in [0.15, 0.2) is 18.2 Å². The maximum absolute atomic E-state index is 11.3. The summed E-state index contributed by atoms with van der Waals surface area (Å²) in [6.07, 6.45) is 0. The van der Waals surface area contributed by atoms with Gasteiger partial charge in [0.05, 0.1) is 5.75 Å². The van der Waals surface area contributed by atoms with E-state index >= 15 is 0 Å². The van der Waals surface area contributed by atoms with Crippen molar-refractivity contribution in [2.45, 2.75) is 20.8 Å². The minimum atomic E-state index is -3.16. The van der Waals surface area contributed by atoms with Crippen molar-refractivity contribution in [2.75, 3.05) is 10.5 Å². The summed E-state index contributed by atoms with van der Waals surface area (Å²) in [6, 6.07) is 5.64. The highest BCUT2D eigenvalue weighted by atomic mass is 32.2. The van der Waals surface area contributed by atoms with Gasteiger partial charge in [-0.2, -0.15) is 0 Å². The van der Waals surface area contributed by atoms with Gasteiger partial charge >= 0.3 is 0 Å². The molecule has 0 saturated carbocycles. The van der Waals surface area contributed by atoms with Crippen LogP contribution in [0.1, 0.15) is 18.1 Å². The molecule has 0 aliphatic carbocycles. The normalized spacial score (nSPS) is 11.4. The maximum Gasteiger partial charge on any atom is 0.232 e. The topological polar surface area (TPSA) is 46.2 Å². The predicted molar refractivity (Wildman–Crippen MR) is 59.0 cm³/mol. The van der Waals surface area contributed by atoms with Gasteiger partial charge in [-0.25, -0.2) is 8.42 Å². The second kappa shape index (κ2) is 4.00. The van der Waals surface area contributed by atoms with Gasteiger partial charge in [-0.05, 0) is 44.0 Å². The van der Waals surface area contributed by atoms with Gasteiger partial charge in [0.2, 0.25) is 10.0 Å². The van der Waals surface area contributed by atoms with E-state index in [9.17, 15) is 8.42 Å². The highest BCUT2D eigenvalue weighted by molar-refractivity contribution is 7.92. The van der Waals surface area contributed by atoms with E-state index in [1.54, 1.807) is 6.92 Å². The van der Waals surface area contributed by atoms with Crippen LogP contribution in [-0.2, 0) is 10.0 Å². The second-order valence-electron chi connectivity index (χ2n) is 3.38.